The van der Waals surface area contributed by atoms with Crippen molar-refractivity contribution in [3.63, 3.8) is 0 Å². The van der Waals surface area contributed by atoms with Gasteiger partial charge < -0.3 is 10.6 Å². The molecule has 2 aromatic heterocycles. The molecule has 7 nitrogen and oxygen atoms in total. The molecule has 0 radical (unpaired) electrons. The number of carbonyl (C=O) groups excluding carboxylic acids is 2. The number of fused-ring (bicyclic) bond motifs is 1. The Morgan fingerprint density at radius 3 is 2.18 bits per heavy atom. The van der Waals surface area contributed by atoms with Crippen LogP contribution in [-0.4, -0.2) is 38.5 Å². The van der Waals surface area contributed by atoms with Gasteiger partial charge in [0.15, 0.2) is 5.65 Å². The van der Waals surface area contributed by atoms with Gasteiger partial charge in [0.2, 0.25) is 17.7 Å². The molecule has 4 saturated carbocycles. The zero-order valence-electron chi connectivity index (χ0n) is 22.0. The highest BCUT2D eigenvalue weighted by Gasteiger charge is 2.65. The van der Waals surface area contributed by atoms with Crippen LogP contribution in [0.5, 0.6) is 0 Å². The number of imidazole rings is 1. The van der Waals surface area contributed by atoms with E-state index >= 15 is 0 Å². The molecule has 4 aliphatic carbocycles. The van der Waals surface area contributed by atoms with Gasteiger partial charge in [-0.15, -0.1) is 0 Å². The Morgan fingerprint density at radius 2 is 1.64 bits per heavy atom. The first kappa shape index (κ1) is 29.2. The number of hydrogen-bond acceptors (Lipinski definition) is 4. The largest absolute Gasteiger partial charge is 0.389 e. The maximum Gasteiger partial charge on any atom is 0.389 e. The minimum absolute atomic E-state index is 0.0723. The van der Waals surface area contributed by atoms with E-state index in [9.17, 15) is 31.5 Å². The third kappa shape index (κ3) is 9.72. The van der Waals surface area contributed by atoms with Crippen molar-refractivity contribution in [2.45, 2.75) is 109 Å². The van der Waals surface area contributed by atoms with Gasteiger partial charge in [-0.3, -0.25) is 9.59 Å². The lowest BCUT2D eigenvalue weighted by molar-refractivity contribution is -0.144. The third-order valence-corrected chi connectivity index (χ3v) is 7.33. The second-order valence-electron chi connectivity index (χ2n) is 11.1. The van der Waals surface area contributed by atoms with Crippen molar-refractivity contribution in [3.05, 3.63) is 29.7 Å². The van der Waals surface area contributed by atoms with Gasteiger partial charge in [-0.1, -0.05) is 25.7 Å². The molecule has 1 spiro atoms. The molecule has 6 rings (SSSR count). The average molecular weight is 558 g/mol. The number of aromatic nitrogens is 3. The summed E-state index contributed by atoms with van der Waals surface area (Å²) in [6.07, 6.45) is 7.58. The molecule has 2 aromatic rings. The molecule has 1 unspecified atom stereocenters. The number of halogens is 5. The normalized spacial score (nSPS) is 21.6. The fourth-order valence-electron chi connectivity index (χ4n) is 4.49. The lowest BCUT2D eigenvalue weighted by atomic mass is 9.97. The zero-order valence-corrected chi connectivity index (χ0v) is 22.0. The van der Waals surface area contributed by atoms with Crippen LogP contribution in [0.2, 0.25) is 0 Å². The van der Waals surface area contributed by atoms with Crippen molar-refractivity contribution in [3.8, 4) is 0 Å². The Kier molecular flexibility index (Phi) is 9.10. The van der Waals surface area contributed by atoms with Gasteiger partial charge in [0.05, 0.1) is 31.1 Å². The van der Waals surface area contributed by atoms with Crippen molar-refractivity contribution >= 4 is 17.5 Å². The lowest BCUT2D eigenvalue weighted by Crippen LogP contribution is -2.25. The lowest BCUT2D eigenvalue weighted by Gasteiger charge is -2.20. The van der Waals surface area contributed by atoms with E-state index in [1.54, 1.807) is 16.8 Å². The van der Waals surface area contributed by atoms with Crippen LogP contribution in [0.25, 0.3) is 5.65 Å². The second-order valence-corrected chi connectivity index (χ2v) is 11.1. The number of hydrogen-bond donors (Lipinski definition) is 2. The zero-order chi connectivity index (χ0) is 28.1. The smallest absolute Gasteiger partial charge is 0.352 e. The summed E-state index contributed by atoms with van der Waals surface area (Å²) in [5.74, 6) is -2.77. The first-order chi connectivity index (χ1) is 18.4. The molecule has 0 aliphatic heterocycles. The van der Waals surface area contributed by atoms with Crippen LogP contribution in [0.3, 0.4) is 0 Å². The minimum Gasteiger partial charge on any atom is -0.352 e. The van der Waals surface area contributed by atoms with Crippen LogP contribution in [0.1, 0.15) is 94.7 Å². The minimum atomic E-state index is -4.35. The number of nitrogens with zero attached hydrogens (tertiary/aromatic N) is 3. The Hall–Kier alpha value is -2.79. The standard InChI is InChI=1S/C18H20F3N5O2.C6H10F2.C3H6/c19-18(20,21)2-1-15(27)22-7-11-5-14-25-12(10-26(14)24-8-11)9-23-16(28)13-6-17(13)3-4-17;7-6(8)4-2-1-3-5-6;1-2-3-1/h5,8,10,13H,1-4,6-7,9H2,(H,22,27)(H,23,28);1-5H2;1-3H2. The molecular formula is C27H36F5N5O2. The predicted molar refractivity (Wildman–Crippen MR) is 134 cm³/mol. The van der Waals surface area contributed by atoms with Crippen LogP contribution in [0.4, 0.5) is 22.0 Å². The van der Waals surface area contributed by atoms with Crippen molar-refractivity contribution in [1.82, 2.24) is 25.2 Å². The second kappa shape index (κ2) is 12.2. The van der Waals surface area contributed by atoms with Gasteiger partial charge in [0.25, 0.3) is 0 Å². The fraction of sp³-hybridized carbons (Fsp3) is 0.704. The van der Waals surface area contributed by atoms with Crippen molar-refractivity contribution in [1.29, 1.82) is 0 Å². The van der Waals surface area contributed by atoms with E-state index < -0.39 is 30.8 Å². The number of amides is 2. The average Bonchev–Trinajstić information content (AvgIpc) is 3.78. The van der Waals surface area contributed by atoms with E-state index in [4.69, 9.17) is 0 Å². The Bertz CT molecular complexity index is 1130. The van der Waals surface area contributed by atoms with Crippen molar-refractivity contribution in [2.75, 3.05) is 0 Å². The highest BCUT2D eigenvalue weighted by molar-refractivity contribution is 5.83. The molecule has 0 bridgehead atoms. The topological polar surface area (TPSA) is 88.4 Å². The summed E-state index contributed by atoms with van der Waals surface area (Å²) in [4.78, 5) is 28.0. The van der Waals surface area contributed by atoms with Gasteiger partial charge in [-0.05, 0) is 49.1 Å². The Balaban J connectivity index is 0.000000265. The maximum atomic E-state index is 12.2. The van der Waals surface area contributed by atoms with Crippen LogP contribution in [0, 0.1) is 11.3 Å². The molecule has 2 amide bonds. The number of alkyl halides is 5. The van der Waals surface area contributed by atoms with Crippen molar-refractivity contribution in [2.24, 2.45) is 11.3 Å². The SMILES string of the molecule is C1CC1.FC1(F)CCCCC1.O=C(CCC(F)(F)F)NCc1cnn2cc(CNC(=O)C3CC34CC4)nc2c1. The van der Waals surface area contributed by atoms with E-state index in [0.29, 0.717) is 41.7 Å². The molecule has 216 valence electrons. The molecule has 4 aliphatic rings. The summed E-state index contributed by atoms with van der Waals surface area (Å²) in [6, 6.07) is 1.70. The third-order valence-electron chi connectivity index (χ3n) is 7.33. The quantitative estimate of drug-likeness (QED) is 0.418. The first-order valence-corrected chi connectivity index (χ1v) is 13.8. The summed E-state index contributed by atoms with van der Waals surface area (Å²) < 4.78 is 62.4. The van der Waals surface area contributed by atoms with Gasteiger partial charge in [-0.25, -0.2) is 18.3 Å². The number of rotatable bonds is 7. The van der Waals surface area contributed by atoms with E-state index in [1.807, 2.05) is 0 Å². The predicted octanol–water partition coefficient (Wildman–Crippen LogP) is 5.86. The molecular weight excluding hydrogens is 521 g/mol. The van der Waals surface area contributed by atoms with Crippen LogP contribution in [-0.2, 0) is 22.7 Å². The van der Waals surface area contributed by atoms with E-state index in [-0.39, 0.29) is 31.2 Å². The highest BCUT2D eigenvalue weighted by atomic mass is 19.4. The van der Waals surface area contributed by atoms with E-state index in [0.717, 1.165) is 25.7 Å². The fourth-order valence-corrected chi connectivity index (χ4v) is 4.49. The summed E-state index contributed by atoms with van der Waals surface area (Å²) in [6.45, 7) is 0.390. The first-order valence-electron chi connectivity index (χ1n) is 13.8. The molecule has 4 fully saturated rings. The molecule has 1 atom stereocenters. The van der Waals surface area contributed by atoms with Crippen LogP contribution < -0.4 is 10.6 Å². The molecule has 2 heterocycles. The monoisotopic (exact) mass is 557 g/mol. The van der Waals surface area contributed by atoms with Gasteiger partial charge >= 0.3 is 6.18 Å². The van der Waals surface area contributed by atoms with Gasteiger partial charge in [0, 0.05) is 31.7 Å². The number of nitrogens with one attached hydrogen (secondary N) is 2. The molecule has 39 heavy (non-hydrogen) atoms. The van der Waals surface area contributed by atoms with Crippen LogP contribution >= 0.6 is 0 Å². The molecule has 0 aromatic carbocycles. The Labute approximate surface area is 224 Å². The summed E-state index contributed by atoms with van der Waals surface area (Å²) in [5, 5.41) is 9.53. The van der Waals surface area contributed by atoms with E-state index in [1.165, 1.54) is 25.5 Å². The molecule has 0 saturated heterocycles. The number of carbonyl (C=O) groups is 2. The van der Waals surface area contributed by atoms with Crippen LogP contribution in [0.15, 0.2) is 18.5 Å². The molecule has 2 N–H and O–H groups in total. The van der Waals surface area contributed by atoms with E-state index in [2.05, 4.69) is 20.7 Å². The molecule has 12 heteroatoms. The van der Waals surface area contributed by atoms with Gasteiger partial charge in [0.1, 0.15) is 0 Å². The van der Waals surface area contributed by atoms with Gasteiger partial charge in [-0.2, -0.15) is 18.3 Å². The highest BCUT2D eigenvalue weighted by Crippen LogP contribution is 2.70. The summed E-state index contributed by atoms with van der Waals surface area (Å²) >= 11 is 0. The summed E-state index contributed by atoms with van der Waals surface area (Å²) in [7, 11) is 0. The van der Waals surface area contributed by atoms with Crippen molar-refractivity contribution < 1.29 is 31.5 Å². The summed E-state index contributed by atoms with van der Waals surface area (Å²) in [5.41, 5.74) is 2.14. The Morgan fingerprint density at radius 1 is 0.974 bits per heavy atom. The maximum absolute atomic E-state index is 12.2.